The number of carbonyl (C=O) groups is 1. The molecule has 0 bridgehead atoms. The van der Waals surface area contributed by atoms with Crippen LogP contribution in [0.1, 0.15) is 15.9 Å². The number of thiophene rings is 1. The van der Waals surface area contributed by atoms with E-state index >= 15 is 0 Å². The summed E-state index contributed by atoms with van der Waals surface area (Å²) in [7, 11) is 1.65. The lowest BCUT2D eigenvalue weighted by Gasteiger charge is -2.15. The second-order valence-electron chi connectivity index (χ2n) is 4.97. The lowest BCUT2D eigenvalue weighted by molar-refractivity contribution is 0.107. The predicted molar refractivity (Wildman–Crippen MR) is 92.1 cm³/mol. The first-order valence-electron chi connectivity index (χ1n) is 7.47. The Kier molecular flexibility index (Phi) is 6.90. The van der Waals surface area contributed by atoms with Crippen molar-refractivity contribution in [2.45, 2.75) is 13.0 Å². The Morgan fingerprint density at radius 2 is 1.96 bits per heavy atom. The molecule has 2 amide bonds. The number of rotatable bonds is 8. The first kappa shape index (κ1) is 17.3. The van der Waals surface area contributed by atoms with Gasteiger partial charge in [-0.3, -0.25) is 0 Å². The maximum Gasteiger partial charge on any atom is 0.315 e. The van der Waals surface area contributed by atoms with Crippen molar-refractivity contribution in [1.82, 2.24) is 10.6 Å². The fourth-order valence-corrected chi connectivity index (χ4v) is 2.98. The molecule has 2 aromatic rings. The number of hydrogen-bond donors (Lipinski definition) is 2. The number of aryl methyl sites for hydroxylation is 1. The highest BCUT2D eigenvalue weighted by atomic mass is 32.1. The standard InChI is InChI=1S/C17H22N2O3S/c1-13-8-9-16(23-13)15(21-2)12-19-17(20)18-10-11-22-14-6-4-3-5-7-14/h3-9,15H,10-12H2,1-2H3,(H2,18,19,20). The molecule has 0 spiro atoms. The molecule has 1 unspecified atom stereocenters. The van der Waals surface area contributed by atoms with Gasteiger partial charge in [0.1, 0.15) is 18.5 Å². The molecule has 0 saturated carbocycles. The first-order chi connectivity index (χ1) is 11.2. The number of ether oxygens (including phenoxy) is 2. The molecule has 2 rings (SSSR count). The molecule has 1 aromatic heterocycles. The Bertz CT molecular complexity index is 601. The molecular weight excluding hydrogens is 312 g/mol. The van der Waals surface area contributed by atoms with Crippen LogP contribution in [0, 0.1) is 6.92 Å². The predicted octanol–water partition coefficient (Wildman–Crippen LogP) is 3.12. The van der Waals surface area contributed by atoms with E-state index in [1.807, 2.05) is 49.4 Å². The number of hydrogen-bond acceptors (Lipinski definition) is 4. The summed E-state index contributed by atoms with van der Waals surface area (Å²) in [6.07, 6.45) is -0.125. The minimum Gasteiger partial charge on any atom is -0.492 e. The second-order valence-corrected chi connectivity index (χ2v) is 6.29. The minimum atomic E-state index is -0.225. The molecule has 0 saturated heterocycles. The van der Waals surface area contributed by atoms with Crippen molar-refractivity contribution in [3.05, 3.63) is 52.2 Å². The van der Waals surface area contributed by atoms with Crippen LogP contribution in [0.3, 0.4) is 0 Å². The van der Waals surface area contributed by atoms with Crippen molar-refractivity contribution in [2.24, 2.45) is 0 Å². The van der Waals surface area contributed by atoms with Gasteiger partial charge in [0, 0.05) is 16.9 Å². The Hall–Kier alpha value is -2.05. The van der Waals surface area contributed by atoms with Gasteiger partial charge in [-0.25, -0.2) is 4.79 Å². The number of benzene rings is 1. The molecule has 0 aliphatic rings. The average molecular weight is 334 g/mol. The molecule has 5 nitrogen and oxygen atoms in total. The van der Waals surface area contributed by atoms with E-state index < -0.39 is 0 Å². The Labute approximate surface area is 140 Å². The van der Waals surface area contributed by atoms with Gasteiger partial charge in [-0.05, 0) is 31.2 Å². The van der Waals surface area contributed by atoms with E-state index in [9.17, 15) is 4.79 Å². The third-order valence-corrected chi connectivity index (χ3v) is 4.30. The van der Waals surface area contributed by atoms with Crippen LogP contribution in [0.15, 0.2) is 42.5 Å². The van der Waals surface area contributed by atoms with Gasteiger partial charge < -0.3 is 20.1 Å². The maximum atomic E-state index is 11.8. The molecule has 0 fully saturated rings. The van der Waals surface area contributed by atoms with Crippen LogP contribution >= 0.6 is 11.3 Å². The summed E-state index contributed by atoms with van der Waals surface area (Å²) in [6, 6.07) is 13.4. The van der Waals surface area contributed by atoms with E-state index in [1.54, 1.807) is 18.4 Å². The molecule has 6 heteroatoms. The molecule has 0 radical (unpaired) electrons. The maximum absolute atomic E-state index is 11.8. The summed E-state index contributed by atoms with van der Waals surface area (Å²) in [5, 5.41) is 5.58. The number of amides is 2. The summed E-state index contributed by atoms with van der Waals surface area (Å²) in [4.78, 5) is 14.1. The average Bonchev–Trinajstić information content (AvgIpc) is 2.99. The quantitative estimate of drug-likeness (QED) is 0.729. The summed E-state index contributed by atoms with van der Waals surface area (Å²) >= 11 is 1.67. The molecular formula is C17H22N2O3S. The van der Waals surface area contributed by atoms with Gasteiger partial charge in [-0.2, -0.15) is 0 Å². The summed E-state index contributed by atoms with van der Waals surface area (Å²) < 4.78 is 10.9. The van der Waals surface area contributed by atoms with Crippen molar-refractivity contribution in [3.8, 4) is 5.75 Å². The topological polar surface area (TPSA) is 59.6 Å². The number of nitrogens with one attached hydrogen (secondary N) is 2. The van der Waals surface area contributed by atoms with Crippen LogP contribution in [0.2, 0.25) is 0 Å². The highest BCUT2D eigenvalue weighted by Crippen LogP contribution is 2.24. The lowest BCUT2D eigenvalue weighted by Crippen LogP contribution is -2.39. The van der Waals surface area contributed by atoms with Crippen molar-refractivity contribution in [3.63, 3.8) is 0 Å². The van der Waals surface area contributed by atoms with Gasteiger partial charge >= 0.3 is 6.03 Å². The normalized spacial score (nSPS) is 11.7. The van der Waals surface area contributed by atoms with Gasteiger partial charge in [-0.15, -0.1) is 11.3 Å². The van der Waals surface area contributed by atoms with E-state index in [4.69, 9.17) is 9.47 Å². The monoisotopic (exact) mass is 334 g/mol. The van der Waals surface area contributed by atoms with Crippen LogP contribution in [0.5, 0.6) is 5.75 Å². The Morgan fingerprint density at radius 1 is 1.17 bits per heavy atom. The van der Waals surface area contributed by atoms with Crippen LogP contribution in [-0.4, -0.2) is 32.8 Å². The SMILES string of the molecule is COC(CNC(=O)NCCOc1ccccc1)c1ccc(C)s1. The second kappa shape index (κ2) is 9.17. The summed E-state index contributed by atoms with van der Waals surface area (Å²) in [5.41, 5.74) is 0. The molecule has 0 aliphatic carbocycles. The van der Waals surface area contributed by atoms with Gasteiger partial charge in [0.2, 0.25) is 0 Å². The fraction of sp³-hybridized carbons (Fsp3) is 0.353. The summed E-state index contributed by atoms with van der Waals surface area (Å²) in [5.74, 6) is 0.794. The third kappa shape index (κ3) is 5.92. The summed E-state index contributed by atoms with van der Waals surface area (Å²) in [6.45, 7) is 3.35. The van der Waals surface area contributed by atoms with Crippen molar-refractivity contribution in [2.75, 3.05) is 26.8 Å². The molecule has 124 valence electrons. The van der Waals surface area contributed by atoms with Gasteiger partial charge in [-0.1, -0.05) is 18.2 Å². The third-order valence-electron chi connectivity index (χ3n) is 3.21. The van der Waals surface area contributed by atoms with E-state index in [0.29, 0.717) is 19.7 Å². The largest absolute Gasteiger partial charge is 0.492 e. The first-order valence-corrected chi connectivity index (χ1v) is 8.29. The van der Waals surface area contributed by atoms with E-state index in [0.717, 1.165) is 10.6 Å². The van der Waals surface area contributed by atoms with Crippen LogP contribution in [0.4, 0.5) is 4.79 Å². The van der Waals surface area contributed by atoms with Crippen LogP contribution in [-0.2, 0) is 4.74 Å². The Morgan fingerprint density at radius 3 is 2.61 bits per heavy atom. The molecule has 23 heavy (non-hydrogen) atoms. The highest BCUT2D eigenvalue weighted by Gasteiger charge is 2.13. The molecule has 1 atom stereocenters. The van der Waals surface area contributed by atoms with E-state index in [-0.39, 0.29) is 12.1 Å². The van der Waals surface area contributed by atoms with Crippen molar-refractivity contribution >= 4 is 17.4 Å². The van der Waals surface area contributed by atoms with Crippen molar-refractivity contribution < 1.29 is 14.3 Å². The molecule has 2 N–H and O–H groups in total. The zero-order valence-corrected chi connectivity index (χ0v) is 14.2. The van der Waals surface area contributed by atoms with Crippen LogP contribution in [0.25, 0.3) is 0 Å². The number of para-hydroxylation sites is 1. The number of urea groups is 1. The zero-order chi connectivity index (χ0) is 16.5. The van der Waals surface area contributed by atoms with Gasteiger partial charge in [0.15, 0.2) is 0 Å². The zero-order valence-electron chi connectivity index (χ0n) is 13.4. The smallest absolute Gasteiger partial charge is 0.315 e. The lowest BCUT2D eigenvalue weighted by atomic mass is 10.3. The number of carbonyl (C=O) groups excluding carboxylic acids is 1. The minimum absolute atomic E-state index is 0.125. The number of methoxy groups -OCH3 is 1. The van der Waals surface area contributed by atoms with Crippen molar-refractivity contribution in [1.29, 1.82) is 0 Å². The molecule has 0 aliphatic heterocycles. The van der Waals surface area contributed by atoms with Crippen LogP contribution < -0.4 is 15.4 Å². The Balaban J connectivity index is 1.64. The van der Waals surface area contributed by atoms with Gasteiger partial charge in [0.05, 0.1) is 13.1 Å². The molecule has 1 aromatic carbocycles. The highest BCUT2D eigenvalue weighted by molar-refractivity contribution is 7.12. The van der Waals surface area contributed by atoms with E-state index in [1.165, 1.54) is 4.88 Å². The fourth-order valence-electron chi connectivity index (χ4n) is 2.02. The van der Waals surface area contributed by atoms with E-state index in [2.05, 4.69) is 10.6 Å². The van der Waals surface area contributed by atoms with Gasteiger partial charge in [0.25, 0.3) is 0 Å². The molecule has 1 heterocycles.